The van der Waals surface area contributed by atoms with Crippen molar-refractivity contribution in [3.05, 3.63) is 34.9 Å². The lowest BCUT2D eigenvalue weighted by Gasteiger charge is -2.12. The minimum Gasteiger partial charge on any atom is -0.497 e. The first kappa shape index (κ1) is 10.6. The molecule has 2 rings (SSSR count). The average molecular weight is 223 g/mol. The predicted molar refractivity (Wildman–Crippen MR) is 64.5 cm³/mol. The fourth-order valence-electron chi connectivity index (χ4n) is 1.76. The molecule has 0 N–H and O–H groups in total. The molecule has 80 valence electrons. The van der Waals surface area contributed by atoms with Gasteiger partial charge in [-0.05, 0) is 54.5 Å². The van der Waals surface area contributed by atoms with Gasteiger partial charge in [0.05, 0.1) is 7.11 Å². The van der Waals surface area contributed by atoms with E-state index in [1.165, 1.54) is 18.4 Å². The van der Waals surface area contributed by atoms with Crippen LogP contribution in [-0.4, -0.2) is 7.11 Å². The van der Waals surface area contributed by atoms with E-state index in [-0.39, 0.29) is 0 Å². The number of halogens is 1. The third-order valence-corrected chi connectivity index (χ3v) is 3.36. The van der Waals surface area contributed by atoms with Crippen LogP contribution in [-0.2, 0) is 0 Å². The number of benzene rings is 1. The molecule has 0 bridgehead atoms. The highest BCUT2D eigenvalue weighted by atomic mass is 35.5. The van der Waals surface area contributed by atoms with E-state index in [0.29, 0.717) is 5.92 Å². The van der Waals surface area contributed by atoms with E-state index in [2.05, 4.69) is 6.58 Å². The van der Waals surface area contributed by atoms with Crippen molar-refractivity contribution >= 4 is 17.2 Å². The summed E-state index contributed by atoms with van der Waals surface area (Å²) >= 11 is 6.15. The minimum atomic E-state index is 0.659. The SMILES string of the molecule is C=C(c1cc(OC)cc(Cl)c1C)C1CC1. The van der Waals surface area contributed by atoms with Crippen LogP contribution in [0.25, 0.3) is 5.57 Å². The van der Waals surface area contributed by atoms with Crippen LogP contribution in [0.3, 0.4) is 0 Å². The monoisotopic (exact) mass is 222 g/mol. The Morgan fingerprint density at radius 1 is 1.47 bits per heavy atom. The fourth-order valence-corrected chi connectivity index (χ4v) is 1.97. The maximum Gasteiger partial charge on any atom is 0.120 e. The molecule has 0 aromatic heterocycles. The molecule has 0 heterocycles. The molecule has 0 unspecified atom stereocenters. The highest BCUT2D eigenvalue weighted by Crippen LogP contribution is 2.43. The fraction of sp³-hybridized carbons (Fsp3) is 0.385. The number of ether oxygens (including phenoxy) is 1. The zero-order valence-corrected chi connectivity index (χ0v) is 9.90. The van der Waals surface area contributed by atoms with Crippen LogP contribution in [0.15, 0.2) is 18.7 Å². The second-order valence-electron chi connectivity index (χ2n) is 4.08. The number of hydrogen-bond acceptors (Lipinski definition) is 1. The van der Waals surface area contributed by atoms with E-state index in [0.717, 1.165) is 21.9 Å². The lowest BCUT2D eigenvalue weighted by atomic mass is 9.98. The standard InChI is InChI=1S/C13H15ClO/c1-8(10-4-5-10)12-6-11(15-3)7-13(14)9(12)2/h6-7,10H,1,4-5H2,2-3H3. The smallest absolute Gasteiger partial charge is 0.120 e. The summed E-state index contributed by atoms with van der Waals surface area (Å²) < 4.78 is 5.22. The molecule has 1 fully saturated rings. The zero-order valence-electron chi connectivity index (χ0n) is 9.14. The zero-order chi connectivity index (χ0) is 11.0. The molecule has 1 aromatic carbocycles. The van der Waals surface area contributed by atoms with Crippen LogP contribution in [0, 0.1) is 12.8 Å². The van der Waals surface area contributed by atoms with E-state index in [1.54, 1.807) is 7.11 Å². The maximum atomic E-state index is 6.15. The number of methoxy groups -OCH3 is 1. The van der Waals surface area contributed by atoms with E-state index >= 15 is 0 Å². The normalized spacial score (nSPS) is 15.1. The summed E-state index contributed by atoms with van der Waals surface area (Å²) in [6, 6.07) is 3.88. The lowest BCUT2D eigenvalue weighted by Crippen LogP contribution is -1.93. The first-order valence-corrected chi connectivity index (χ1v) is 5.54. The summed E-state index contributed by atoms with van der Waals surface area (Å²) in [5.74, 6) is 1.47. The number of hydrogen-bond donors (Lipinski definition) is 0. The van der Waals surface area contributed by atoms with E-state index in [4.69, 9.17) is 16.3 Å². The quantitative estimate of drug-likeness (QED) is 0.749. The Kier molecular flexibility index (Phi) is 2.74. The Morgan fingerprint density at radius 3 is 2.67 bits per heavy atom. The van der Waals surface area contributed by atoms with Gasteiger partial charge in [0.25, 0.3) is 0 Å². The highest BCUT2D eigenvalue weighted by molar-refractivity contribution is 6.31. The summed E-state index contributed by atoms with van der Waals surface area (Å²) in [4.78, 5) is 0. The summed E-state index contributed by atoms with van der Waals surface area (Å²) in [7, 11) is 1.66. The molecular formula is C13H15ClO. The lowest BCUT2D eigenvalue weighted by molar-refractivity contribution is 0.414. The molecule has 0 radical (unpaired) electrons. The predicted octanol–water partition coefficient (Wildman–Crippen LogP) is 4.08. The van der Waals surface area contributed by atoms with Gasteiger partial charge in [-0.2, -0.15) is 0 Å². The van der Waals surface area contributed by atoms with Crippen molar-refractivity contribution in [2.24, 2.45) is 5.92 Å². The Balaban J connectivity index is 2.43. The summed E-state index contributed by atoms with van der Waals surface area (Å²) in [5.41, 5.74) is 3.46. The van der Waals surface area contributed by atoms with Gasteiger partial charge in [-0.3, -0.25) is 0 Å². The van der Waals surface area contributed by atoms with Gasteiger partial charge >= 0.3 is 0 Å². The molecule has 0 saturated heterocycles. The second-order valence-corrected chi connectivity index (χ2v) is 4.49. The van der Waals surface area contributed by atoms with Crippen molar-refractivity contribution in [2.45, 2.75) is 19.8 Å². The first-order chi connectivity index (χ1) is 7.13. The maximum absolute atomic E-state index is 6.15. The minimum absolute atomic E-state index is 0.659. The first-order valence-electron chi connectivity index (χ1n) is 5.16. The van der Waals surface area contributed by atoms with Crippen molar-refractivity contribution < 1.29 is 4.74 Å². The van der Waals surface area contributed by atoms with Crippen LogP contribution >= 0.6 is 11.6 Å². The third-order valence-electron chi connectivity index (χ3n) is 2.97. The van der Waals surface area contributed by atoms with Crippen LogP contribution in [0.2, 0.25) is 5.02 Å². The third kappa shape index (κ3) is 2.03. The molecule has 1 saturated carbocycles. The number of allylic oxidation sites excluding steroid dienone is 1. The van der Waals surface area contributed by atoms with E-state index in [9.17, 15) is 0 Å². The molecular weight excluding hydrogens is 208 g/mol. The number of rotatable bonds is 3. The van der Waals surface area contributed by atoms with Gasteiger partial charge in [0.15, 0.2) is 0 Å². The van der Waals surface area contributed by atoms with Gasteiger partial charge < -0.3 is 4.74 Å². The Labute approximate surface area is 95.7 Å². The van der Waals surface area contributed by atoms with Crippen LogP contribution in [0.4, 0.5) is 0 Å². The van der Waals surface area contributed by atoms with Gasteiger partial charge in [-0.1, -0.05) is 18.2 Å². The molecule has 2 heteroatoms. The second kappa shape index (κ2) is 3.90. The Hall–Kier alpha value is -0.950. The van der Waals surface area contributed by atoms with Crippen molar-refractivity contribution in [3.8, 4) is 5.75 Å². The van der Waals surface area contributed by atoms with Crippen LogP contribution < -0.4 is 4.74 Å². The van der Waals surface area contributed by atoms with Crippen molar-refractivity contribution in [2.75, 3.05) is 7.11 Å². The van der Waals surface area contributed by atoms with Gasteiger partial charge in [-0.25, -0.2) is 0 Å². The van der Waals surface area contributed by atoms with Gasteiger partial charge in [0.1, 0.15) is 5.75 Å². The summed E-state index contributed by atoms with van der Waals surface area (Å²) in [5, 5.41) is 0.756. The molecule has 0 amide bonds. The molecule has 1 nitrogen and oxygen atoms in total. The average Bonchev–Trinajstić information content (AvgIpc) is 3.04. The van der Waals surface area contributed by atoms with Crippen molar-refractivity contribution in [1.29, 1.82) is 0 Å². The van der Waals surface area contributed by atoms with Crippen molar-refractivity contribution in [3.63, 3.8) is 0 Å². The van der Waals surface area contributed by atoms with E-state index in [1.807, 2.05) is 19.1 Å². The molecule has 1 aromatic rings. The Bertz CT molecular complexity index is 405. The topological polar surface area (TPSA) is 9.23 Å². The molecule has 1 aliphatic rings. The van der Waals surface area contributed by atoms with Gasteiger partial charge in [-0.15, -0.1) is 0 Å². The molecule has 0 aliphatic heterocycles. The molecule has 0 spiro atoms. The van der Waals surface area contributed by atoms with E-state index < -0.39 is 0 Å². The van der Waals surface area contributed by atoms with Crippen LogP contribution in [0.1, 0.15) is 24.0 Å². The molecule has 0 atom stereocenters. The van der Waals surface area contributed by atoms with Gasteiger partial charge in [0, 0.05) is 5.02 Å². The van der Waals surface area contributed by atoms with Crippen molar-refractivity contribution in [1.82, 2.24) is 0 Å². The Morgan fingerprint density at radius 2 is 2.13 bits per heavy atom. The highest BCUT2D eigenvalue weighted by Gasteiger charge is 2.26. The summed E-state index contributed by atoms with van der Waals surface area (Å²) in [6.07, 6.45) is 2.51. The molecule has 15 heavy (non-hydrogen) atoms. The van der Waals surface area contributed by atoms with Crippen LogP contribution in [0.5, 0.6) is 5.75 Å². The molecule has 1 aliphatic carbocycles. The van der Waals surface area contributed by atoms with Gasteiger partial charge in [0.2, 0.25) is 0 Å². The largest absolute Gasteiger partial charge is 0.497 e. The summed E-state index contributed by atoms with van der Waals surface area (Å²) in [6.45, 7) is 6.18.